The molecule has 0 saturated carbocycles. The highest BCUT2D eigenvalue weighted by atomic mass is 32.2. The Labute approximate surface area is 157 Å². The molecule has 0 spiro atoms. The van der Waals surface area contributed by atoms with E-state index in [9.17, 15) is 17.6 Å². The average Bonchev–Trinajstić information content (AvgIpc) is 2.94. The second-order valence-corrected chi connectivity index (χ2v) is 9.96. The molecule has 0 aromatic heterocycles. The number of thioether (sulfide) groups is 1. The van der Waals surface area contributed by atoms with Gasteiger partial charge in [0.1, 0.15) is 5.82 Å². The fourth-order valence-electron chi connectivity index (χ4n) is 2.90. The van der Waals surface area contributed by atoms with Crippen LogP contribution in [-0.4, -0.2) is 31.1 Å². The van der Waals surface area contributed by atoms with Gasteiger partial charge >= 0.3 is 0 Å². The summed E-state index contributed by atoms with van der Waals surface area (Å²) in [4.78, 5) is 13.5. The number of carbonyl (C=O) groups is 1. The van der Waals surface area contributed by atoms with Crippen molar-refractivity contribution in [1.29, 1.82) is 0 Å². The highest BCUT2D eigenvalue weighted by molar-refractivity contribution is 8.02. The Kier molecular flexibility index (Phi) is 5.67. The molecule has 1 saturated heterocycles. The van der Waals surface area contributed by atoms with E-state index in [1.165, 1.54) is 23.9 Å². The van der Waals surface area contributed by atoms with Gasteiger partial charge in [0.2, 0.25) is 0 Å². The average molecular weight is 394 g/mol. The highest BCUT2D eigenvalue weighted by Crippen LogP contribution is 2.33. The van der Waals surface area contributed by atoms with Crippen molar-refractivity contribution in [3.05, 3.63) is 65.5 Å². The third kappa shape index (κ3) is 4.65. The van der Waals surface area contributed by atoms with E-state index in [0.29, 0.717) is 12.0 Å². The molecule has 26 heavy (non-hydrogen) atoms. The predicted molar refractivity (Wildman–Crippen MR) is 102 cm³/mol. The summed E-state index contributed by atoms with van der Waals surface area (Å²) in [6.45, 7) is 1.84. The molecule has 1 fully saturated rings. The molecule has 7 heteroatoms. The number of benzene rings is 2. The largest absolute Gasteiger partial charge is 0.345 e. The molecule has 0 bridgehead atoms. The third-order valence-electron chi connectivity index (χ3n) is 4.33. The molecule has 3 rings (SSSR count). The van der Waals surface area contributed by atoms with Crippen molar-refractivity contribution in [1.82, 2.24) is 5.32 Å². The van der Waals surface area contributed by atoms with Gasteiger partial charge in [0.05, 0.1) is 23.1 Å². The summed E-state index contributed by atoms with van der Waals surface area (Å²) in [5.74, 6) is -0.188. The molecular weight excluding hydrogens is 373 g/mol. The van der Waals surface area contributed by atoms with Gasteiger partial charge in [-0.3, -0.25) is 4.79 Å². The van der Waals surface area contributed by atoms with E-state index in [2.05, 4.69) is 5.32 Å². The number of sulfone groups is 1. The number of halogens is 1. The van der Waals surface area contributed by atoms with Gasteiger partial charge in [-0.15, -0.1) is 11.8 Å². The first-order chi connectivity index (χ1) is 12.3. The molecule has 4 nitrogen and oxygen atoms in total. The minimum Gasteiger partial charge on any atom is -0.345 e. The van der Waals surface area contributed by atoms with E-state index in [4.69, 9.17) is 0 Å². The topological polar surface area (TPSA) is 63.2 Å². The third-order valence-corrected chi connectivity index (χ3v) is 7.66. The molecule has 1 heterocycles. The maximum absolute atomic E-state index is 13.0. The standard InChI is InChI=1S/C19H20FNO3S2/c1-13(14-6-8-15(20)9-7-14)21-19(22)17-4-2-3-5-18(17)25-16-10-11-26(23,24)12-16/h2-9,13,16H,10-12H2,1H3,(H,21,22)/t13-,16-/m1/s1. The first kappa shape index (κ1) is 18.9. The summed E-state index contributed by atoms with van der Waals surface area (Å²) < 4.78 is 36.4. The van der Waals surface area contributed by atoms with Crippen LogP contribution in [0.1, 0.15) is 35.3 Å². The lowest BCUT2D eigenvalue weighted by Crippen LogP contribution is -2.27. The lowest BCUT2D eigenvalue weighted by Gasteiger charge is -2.17. The summed E-state index contributed by atoms with van der Waals surface area (Å²) >= 11 is 1.44. The number of rotatable bonds is 5. The first-order valence-corrected chi connectivity index (χ1v) is 11.1. The lowest BCUT2D eigenvalue weighted by molar-refractivity contribution is 0.0937. The van der Waals surface area contributed by atoms with Crippen molar-refractivity contribution in [2.75, 3.05) is 11.5 Å². The van der Waals surface area contributed by atoms with E-state index in [-0.39, 0.29) is 34.5 Å². The molecule has 2 aromatic carbocycles. The van der Waals surface area contributed by atoms with Crippen LogP contribution in [0.3, 0.4) is 0 Å². The Morgan fingerprint density at radius 3 is 2.54 bits per heavy atom. The molecule has 0 unspecified atom stereocenters. The highest BCUT2D eigenvalue weighted by Gasteiger charge is 2.29. The van der Waals surface area contributed by atoms with Crippen LogP contribution in [0, 0.1) is 5.82 Å². The maximum Gasteiger partial charge on any atom is 0.252 e. The zero-order valence-corrected chi connectivity index (χ0v) is 15.9. The zero-order valence-electron chi connectivity index (χ0n) is 14.3. The van der Waals surface area contributed by atoms with Crippen molar-refractivity contribution in [3.63, 3.8) is 0 Å². The smallest absolute Gasteiger partial charge is 0.252 e. The predicted octanol–water partition coefficient (Wildman–Crippen LogP) is 3.60. The van der Waals surface area contributed by atoms with E-state index in [0.717, 1.165) is 10.5 Å². The first-order valence-electron chi connectivity index (χ1n) is 8.36. The van der Waals surface area contributed by atoms with Crippen molar-refractivity contribution < 1.29 is 17.6 Å². The Morgan fingerprint density at radius 1 is 1.19 bits per heavy atom. The van der Waals surface area contributed by atoms with Crippen LogP contribution in [-0.2, 0) is 9.84 Å². The summed E-state index contributed by atoms with van der Waals surface area (Å²) in [6, 6.07) is 12.9. The molecule has 1 aliphatic heterocycles. The Hall–Kier alpha value is -1.86. The zero-order chi connectivity index (χ0) is 18.7. The van der Waals surface area contributed by atoms with Gasteiger partial charge < -0.3 is 5.32 Å². The quantitative estimate of drug-likeness (QED) is 0.843. The number of amides is 1. The summed E-state index contributed by atoms with van der Waals surface area (Å²) in [7, 11) is -2.96. The second kappa shape index (κ2) is 7.80. The molecule has 2 aromatic rings. The molecule has 2 atom stereocenters. The van der Waals surface area contributed by atoms with Crippen LogP contribution in [0.25, 0.3) is 0 Å². The fraction of sp³-hybridized carbons (Fsp3) is 0.316. The molecule has 1 N–H and O–H groups in total. The van der Waals surface area contributed by atoms with Gasteiger partial charge in [-0.25, -0.2) is 12.8 Å². The fourth-order valence-corrected chi connectivity index (χ4v) is 6.53. The lowest BCUT2D eigenvalue weighted by atomic mass is 10.1. The number of hydrogen-bond donors (Lipinski definition) is 1. The summed E-state index contributed by atoms with van der Waals surface area (Å²) in [5.41, 5.74) is 1.34. The van der Waals surface area contributed by atoms with Crippen molar-refractivity contribution >= 4 is 27.5 Å². The maximum atomic E-state index is 13.0. The minimum atomic E-state index is -2.96. The van der Waals surface area contributed by atoms with Gasteiger partial charge in [0.15, 0.2) is 9.84 Å². The molecule has 1 aliphatic rings. The van der Waals surface area contributed by atoms with Crippen LogP contribution in [0.4, 0.5) is 4.39 Å². The molecule has 138 valence electrons. The monoisotopic (exact) mass is 393 g/mol. The van der Waals surface area contributed by atoms with Crippen LogP contribution >= 0.6 is 11.8 Å². The van der Waals surface area contributed by atoms with Crippen molar-refractivity contribution in [2.24, 2.45) is 0 Å². The molecule has 0 radical (unpaired) electrons. The van der Waals surface area contributed by atoms with Crippen LogP contribution in [0.5, 0.6) is 0 Å². The van der Waals surface area contributed by atoms with Crippen molar-refractivity contribution in [2.45, 2.75) is 29.5 Å². The SMILES string of the molecule is C[C@@H](NC(=O)c1ccccc1S[C@@H]1CCS(=O)(=O)C1)c1ccc(F)cc1. The number of hydrogen-bond acceptors (Lipinski definition) is 4. The van der Waals surface area contributed by atoms with Crippen molar-refractivity contribution in [3.8, 4) is 0 Å². The van der Waals surface area contributed by atoms with E-state index < -0.39 is 9.84 Å². The van der Waals surface area contributed by atoms with E-state index >= 15 is 0 Å². The van der Waals surface area contributed by atoms with Gasteiger partial charge in [0.25, 0.3) is 5.91 Å². The van der Waals surface area contributed by atoms with Crippen LogP contribution < -0.4 is 5.32 Å². The second-order valence-electron chi connectivity index (χ2n) is 6.39. The van der Waals surface area contributed by atoms with Gasteiger partial charge in [0, 0.05) is 10.1 Å². The summed E-state index contributed by atoms with van der Waals surface area (Å²) in [5, 5.41) is 2.90. The van der Waals surface area contributed by atoms with Gasteiger partial charge in [-0.05, 0) is 43.2 Å². The Balaban J connectivity index is 1.72. The van der Waals surface area contributed by atoms with Crippen LogP contribution in [0.15, 0.2) is 53.4 Å². The molecule has 0 aliphatic carbocycles. The number of nitrogens with one attached hydrogen (secondary N) is 1. The Bertz CT molecular complexity index is 897. The summed E-state index contributed by atoms with van der Waals surface area (Å²) in [6.07, 6.45) is 0.606. The van der Waals surface area contributed by atoms with Gasteiger partial charge in [-0.2, -0.15) is 0 Å². The number of carbonyl (C=O) groups excluding carboxylic acids is 1. The molecular formula is C19H20FNO3S2. The molecule has 1 amide bonds. The Morgan fingerprint density at radius 2 is 1.88 bits per heavy atom. The van der Waals surface area contributed by atoms with E-state index in [1.807, 2.05) is 19.1 Å². The normalized spacial score (nSPS) is 19.8. The van der Waals surface area contributed by atoms with Crippen LogP contribution in [0.2, 0.25) is 0 Å². The van der Waals surface area contributed by atoms with E-state index in [1.54, 1.807) is 24.3 Å². The van der Waals surface area contributed by atoms with Gasteiger partial charge in [-0.1, -0.05) is 24.3 Å². The minimum absolute atomic E-state index is 0.0246.